The Labute approximate surface area is 139 Å². The summed E-state index contributed by atoms with van der Waals surface area (Å²) in [5, 5.41) is 7.82. The van der Waals surface area contributed by atoms with E-state index in [1.54, 1.807) is 37.4 Å². The summed E-state index contributed by atoms with van der Waals surface area (Å²) in [6.45, 7) is 2.51. The molecule has 2 rings (SSSR count). The van der Waals surface area contributed by atoms with Gasteiger partial charge in [0.1, 0.15) is 0 Å². The van der Waals surface area contributed by atoms with Crippen LogP contribution in [0, 0.1) is 0 Å². The lowest BCUT2D eigenvalue weighted by Gasteiger charge is -2.09. The van der Waals surface area contributed by atoms with E-state index in [0.717, 1.165) is 6.54 Å². The molecule has 0 unspecified atom stereocenters. The van der Waals surface area contributed by atoms with Crippen LogP contribution in [0.15, 0.2) is 41.8 Å². The molecular weight excluding hydrogens is 312 g/mol. The number of thiophene rings is 1. The van der Waals surface area contributed by atoms with E-state index in [1.807, 2.05) is 11.4 Å². The average Bonchev–Trinajstić information content (AvgIpc) is 3.11. The molecule has 0 aliphatic carbocycles. The standard InChI is InChI=1S/C17H20N2O3S/c1-22-11-10-18-8-9-19-17(21)14-6-3-2-5-13(14)16(20)15-7-4-12-23-15/h2-7,12,18H,8-11H2,1H3,(H,19,21). The van der Waals surface area contributed by atoms with Gasteiger partial charge in [-0.05, 0) is 17.5 Å². The molecule has 0 fully saturated rings. The topological polar surface area (TPSA) is 67.4 Å². The van der Waals surface area contributed by atoms with Crippen molar-refractivity contribution in [2.24, 2.45) is 0 Å². The van der Waals surface area contributed by atoms with Gasteiger partial charge in [-0.3, -0.25) is 9.59 Å². The molecule has 0 saturated heterocycles. The van der Waals surface area contributed by atoms with Crippen LogP contribution < -0.4 is 10.6 Å². The van der Waals surface area contributed by atoms with Gasteiger partial charge in [0.2, 0.25) is 5.78 Å². The fraction of sp³-hybridized carbons (Fsp3) is 0.294. The molecule has 122 valence electrons. The minimum atomic E-state index is -0.237. The summed E-state index contributed by atoms with van der Waals surface area (Å²) >= 11 is 1.37. The first-order valence-electron chi connectivity index (χ1n) is 7.39. The molecule has 1 heterocycles. The van der Waals surface area contributed by atoms with E-state index in [1.165, 1.54) is 11.3 Å². The number of amides is 1. The van der Waals surface area contributed by atoms with E-state index in [2.05, 4.69) is 10.6 Å². The third-order valence-electron chi connectivity index (χ3n) is 3.23. The van der Waals surface area contributed by atoms with E-state index in [9.17, 15) is 9.59 Å². The summed E-state index contributed by atoms with van der Waals surface area (Å²) in [7, 11) is 1.64. The van der Waals surface area contributed by atoms with Crippen LogP contribution in [0.5, 0.6) is 0 Å². The smallest absolute Gasteiger partial charge is 0.252 e. The second-order valence-electron chi connectivity index (χ2n) is 4.85. The zero-order chi connectivity index (χ0) is 16.5. The molecule has 0 aliphatic heterocycles. The molecule has 0 spiro atoms. The largest absolute Gasteiger partial charge is 0.383 e. The lowest BCUT2D eigenvalue weighted by Crippen LogP contribution is -2.33. The fourth-order valence-corrected chi connectivity index (χ4v) is 2.76. The normalized spacial score (nSPS) is 10.5. The average molecular weight is 332 g/mol. The summed E-state index contributed by atoms with van der Waals surface area (Å²) in [5.74, 6) is -0.358. The Morgan fingerprint density at radius 2 is 1.83 bits per heavy atom. The maximum Gasteiger partial charge on any atom is 0.252 e. The van der Waals surface area contributed by atoms with E-state index >= 15 is 0 Å². The number of rotatable bonds is 9. The molecule has 0 atom stereocenters. The molecular formula is C17H20N2O3S. The second kappa shape index (κ2) is 9.19. The van der Waals surface area contributed by atoms with Crippen LogP contribution in [-0.4, -0.2) is 45.0 Å². The zero-order valence-electron chi connectivity index (χ0n) is 13.0. The highest BCUT2D eigenvalue weighted by Gasteiger charge is 2.18. The Kier molecular flexibility index (Phi) is 6.93. The Morgan fingerprint density at radius 3 is 2.52 bits per heavy atom. The van der Waals surface area contributed by atoms with Crippen molar-refractivity contribution in [1.29, 1.82) is 0 Å². The third kappa shape index (κ3) is 4.99. The van der Waals surface area contributed by atoms with Gasteiger partial charge in [0.15, 0.2) is 0 Å². The Bertz CT molecular complexity index is 641. The molecule has 1 aromatic heterocycles. The summed E-state index contributed by atoms with van der Waals surface area (Å²) in [5.41, 5.74) is 0.836. The number of carbonyl (C=O) groups excluding carboxylic acids is 2. The highest BCUT2D eigenvalue weighted by atomic mass is 32.1. The number of ether oxygens (including phenoxy) is 1. The summed E-state index contributed by atoms with van der Waals surface area (Å²) in [6.07, 6.45) is 0. The molecule has 1 amide bonds. The fourth-order valence-electron chi connectivity index (χ4n) is 2.08. The number of methoxy groups -OCH3 is 1. The van der Waals surface area contributed by atoms with Crippen LogP contribution in [-0.2, 0) is 4.74 Å². The highest BCUT2D eigenvalue weighted by Crippen LogP contribution is 2.18. The van der Waals surface area contributed by atoms with Gasteiger partial charge in [-0.1, -0.05) is 24.3 Å². The predicted octanol–water partition coefficient (Wildman–Crippen LogP) is 1.94. The van der Waals surface area contributed by atoms with Crippen molar-refractivity contribution in [2.75, 3.05) is 33.4 Å². The molecule has 0 radical (unpaired) electrons. The van der Waals surface area contributed by atoms with Crippen molar-refractivity contribution >= 4 is 23.0 Å². The van der Waals surface area contributed by atoms with Gasteiger partial charge < -0.3 is 15.4 Å². The summed E-state index contributed by atoms with van der Waals surface area (Å²) in [4.78, 5) is 25.4. The third-order valence-corrected chi connectivity index (χ3v) is 4.10. The molecule has 0 aliphatic rings. The molecule has 1 aromatic carbocycles. The predicted molar refractivity (Wildman–Crippen MR) is 91.3 cm³/mol. The number of benzene rings is 1. The maximum atomic E-state index is 12.5. The van der Waals surface area contributed by atoms with Gasteiger partial charge in [-0.25, -0.2) is 0 Å². The number of hydrogen-bond acceptors (Lipinski definition) is 5. The van der Waals surface area contributed by atoms with E-state index in [-0.39, 0.29) is 11.7 Å². The van der Waals surface area contributed by atoms with Crippen molar-refractivity contribution < 1.29 is 14.3 Å². The van der Waals surface area contributed by atoms with Crippen molar-refractivity contribution in [3.05, 3.63) is 57.8 Å². The minimum absolute atomic E-state index is 0.121. The van der Waals surface area contributed by atoms with Crippen molar-refractivity contribution in [3.63, 3.8) is 0 Å². The first kappa shape index (κ1) is 17.3. The quantitative estimate of drug-likeness (QED) is 0.544. The molecule has 0 bridgehead atoms. The Morgan fingerprint density at radius 1 is 1.04 bits per heavy atom. The van der Waals surface area contributed by atoms with Gasteiger partial charge in [-0.2, -0.15) is 0 Å². The van der Waals surface area contributed by atoms with E-state index in [4.69, 9.17) is 4.74 Å². The number of nitrogens with one attached hydrogen (secondary N) is 2. The Hall–Kier alpha value is -2.02. The van der Waals surface area contributed by atoms with E-state index < -0.39 is 0 Å². The SMILES string of the molecule is COCCNCCNC(=O)c1ccccc1C(=O)c1cccs1. The van der Waals surface area contributed by atoms with Crippen LogP contribution in [0.4, 0.5) is 0 Å². The number of carbonyl (C=O) groups is 2. The molecule has 0 saturated carbocycles. The summed E-state index contributed by atoms with van der Waals surface area (Å²) in [6, 6.07) is 10.5. The van der Waals surface area contributed by atoms with E-state index in [0.29, 0.717) is 35.7 Å². The van der Waals surface area contributed by atoms with Crippen LogP contribution in [0.1, 0.15) is 25.6 Å². The summed E-state index contributed by atoms with van der Waals surface area (Å²) < 4.78 is 4.93. The van der Waals surface area contributed by atoms with Gasteiger partial charge in [0.05, 0.1) is 17.0 Å². The molecule has 2 aromatic rings. The first-order chi connectivity index (χ1) is 11.2. The maximum absolute atomic E-state index is 12.5. The first-order valence-corrected chi connectivity index (χ1v) is 8.27. The van der Waals surface area contributed by atoms with Gasteiger partial charge in [0.25, 0.3) is 5.91 Å². The van der Waals surface area contributed by atoms with Crippen molar-refractivity contribution in [3.8, 4) is 0 Å². The monoisotopic (exact) mass is 332 g/mol. The Balaban J connectivity index is 1.97. The lowest BCUT2D eigenvalue weighted by atomic mass is 10.0. The van der Waals surface area contributed by atoms with Crippen LogP contribution in [0.25, 0.3) is 0 Å². The molecule has 23 heavy (non-hydrogen) atoms. The van der Waals surface area contributed by atoms with Gasteiger partial charge >= 0.3 is 0 Å². The number of hydrogen-bond donors (Lipinski definition) is 2. The van der Waals surface area contributed by atoms with Gasteiger partial charge in [0, 0.05) is 32.3 Å². The lowest BCUT2D eigenvalue weighted by molar-refractivity contribution is 0.0942. The van der Waals surface area contributed by atoms with Gasteiger partial charge in [-0.15, -0.1) is 11.3 Å². The number of ketones is 1. The second-order valence-corrected chi connectivity index (χ2v) is 5.80. The van der Waals surface area contributed by atoms with Crippen LogP contribution >= 0.6 is 11.3 Å². The highest BCUT2D eigenvalue weighted by molar-refractivity contribution is 7.12. The van der Waals surface area contributed by atoms with Crippen LogP contribution in [0.3, 0.4) is 0 Å². The minimum Gasteiger partial charge on any atom is -0.383 e. The molecule has 5 nitrogen and oxygen atoms in total. The van der Waals surface area contributed by atoms with Crippen molar-refractivity contribution in [2.45, 2.75) is 0 Å². The molecule has 6 heteroatoms. The van der Waals surface area contributed by atoms with Crippen molar-refractivity contribution in [1.82, 2.24) is 10.6 Å². The zero-order valence-corrected chi connectivity index (χ0v) is 13.8. The van der Waals surface area contributed by atoms with Crippen LogP contribution in [0.2, 0.25) is 0 Å². The molecule has 2 N–H and O–H groups in total.